The van der Waals surface area contributed by atoms with Gasteiger partial charge in [-0.15, -0.1) is 0 Å². The molecule has 1 aromatic rings. The average Bonchev–Trinajstić information content (AvgIpc) is 2.98. The molecule has 0 aromatic heterocycles. The van der Waals surface area contributed by atoms with Crippen LogP contribution in [0.15, 0.2) is 24.3 Å². The second-order valence-electron chi connectivity index (χ2n) is 7.17. The van der Waals surface area contributed by atoms with E-state index in [1.807, 2.05) is 24.0 Å². The minimum absolute atomic E-state index is 0.235. The van der Waals surface area contributed by atoms with Crippen LogP contribution in [0.3, 0.4) is 0 Å². The molecule has 0 spiro atoms. The molecule has 24 heavy (non-hydrogen) atoms. The topological polar surface area (TPSA) is 47.0 Å². The zero-order valence-corrected chi connectivity index (χ0v) is 14.8. The van der Waals surface area contributed by atoms with Gasteiger partial charge in [0.1, 0.15) is 0 Å². The molecule has 1 N–H and O–H groups in total. The number of hydrogen-bond donors (Lipinski definition) is 1. The van der Waals surface area contributed by atoms with Crippen molar-refractivity contribution < 1.29 is 9.90 Å². The zero-order chi connectivity index (χ0) is 17.1. The number of piperazine rings is 1. The molecule has 2 aliphatic heterocycles. The molecule has 2 atom stereocenters. The van der Waals surface area contributed by atoms with Crippen molar-refractivity contribution in [2.75, 3.05) is 44.2 Å². The van der Waals surface area contributed by atoms with Crippen LogP contribution in [0.5, 0.6) is 0 Å². The van der Waals surface area contributed by atoms with Crippen LogP contribution >= 0.6 is 0 Å². The van der Waals surface area contributed by atoms with Crippen molar-refractivity contribution in [1.82, 2.24) is 9.80 Å². The monoisotopic (exact) mass is 331 g/mol. The maximum atomic E-state index is 12.6. The molecule has 0 bridgehead atoms. The van der Waals surface area contributed by atoms with E-state index in [0.717, 1.165) is 51.4 Å². The number of carbonyl (C=O) groups is 1. The van der Waals surface area contributed by atoms with Crippen molar-refractivity contribution in [1.29, 1.82) is 0 Å². The van der Waals surface area contributed by atoms with Gasteiger partial charge in [-0.25, -0.2) is 0 Å². The number of fused-ring (bicyclic) bond motifs is 1. The number of carbonyl (C=O) groups excluding carboxylic acids is 1. The summed E-state index contributed by atoms with van der Waals surface area (Å²) in [6.45, 7) is 9.32. The first-order chi connectivity index (χ1) is 11.5. The van der Waals surface area contributed by atoms with Gasteiger partial charge in [0.25, 0.3) is 0 Å². The van der Waals surface area contributed by atoms with Gasteiger partial charge in [-0.1, -0.05) is 18.2 Å². The minimum atomic E-state index is -0.282. The van der Waals surface area contributed by atoms with Crippen LogP contribution in [0.4, 0.5) is 5.69 Å². The molecule has 1 amide bonds. The first-order valence-corrected chi connectivity index (χ1v) is 9.07. The van der Waals surface area contributed by atoms with Gasteiger partial charge < -0.3 is 14.9 Å². The van der Waals surface area contributed by atoms with E-state index in [0.29, 0.717) is 12.5 Å². The standard InChI is InChI=1S/C19H29N3O2/c1-15-13-20(11-12-21(15)14-16(2)23)9-8-19(24)22-10-7-17-5-3-4-6-18(17)22/h3-6,15-16,23H,7-14H2,1-2H3. The predicted octanol–water partition coefficient (Wildman–Crippen LogP) is 1.35. The van der Waals surface area contributed by atoms with Crippen LogP contribution in [0.2, 0.25) is 0 Å². The molecule has 2 unspecified atom stereocenters. The maximum absolute atomic E-state index is 12.6. The van der Waals surface area contributed by atoms with E-state index >= 15 is 0 Å². The van der Waals surface area contributed by atoms with Crippen LogP contribution in [-0.4, -0.2) is 72.2 Å². The van der Waals surface area contributed by atoms with Crippen molar-refractivity contribution >= 4 is 11.6 Å². The predicted molar refractivity (Wildman–Crippen MR) is 96.3 cm³/mol. The van der Waals surface area contributed by atoms with Crippen LogP contribution in [0.25, 0.3) is 0 Å². The average molecular weight is 331 g/mol. The summed E-state index contributed by atoms with van der Waals surface area (Å²) >= 11 is 0. The number of benzene rings is 1. The van der Waals surface area contributed by atoms with Gasteiger partial charge in [-0.2, -0.15) is 0 Å². The summed E-state index contributed by atoms with van der Waals surface area (Å²) < 4.78 is 0. The molecule has 0 aliphatic carbocycles. The lowest BCUT2D eigenvalue weighted by Crippen LogP contribution is -2.53. The summed E-state index contributed by atoms with van der Waals surface area (Å²) in [5.74, 6) is 0.235. The molecular formula is C19H29N3O2. The summed E-state index contributed by atoms with van der Waals surface area (Å²) in [6.07, 6.45) is 1.27. The van der Waals surface area contributed by atoms with E-state index in [2.05, 4.69) is 28.9 Å². The second kappa shape index (κ2) is 7.64. The van der Waals surface area contributed by atoms with E-state index in [-0.39, 0.29) is 12.0 Å². The van der Waals surface area contributed by atoms with Crippen molar-refractivity contribution in [3.8, 4) is 0 Å². The molecule has 2 heterocycles. The molecule has 5 nitrogen and oxygen atoms in total. The Hall–Kier alpha value is -1.43. The van der Waals surface area contributed by atoms with Crippen molar-refractivity contribution in [2.24, 2.45) is 0 Å². The maximum Gasteiger partial charge on any atom is 0.228 e. The number of para-hydroxylation sites is 1. The Kier molecular flexibility index (Phi) is 5.54. The van der Waals surface area contributed by atoms with Gasteiger partial charge in [0.15, 0.2) is 0 Å². The van der Waals surface area contributed by atoms with Crippen LogP contribution in [0.1, 0.15) is 25.8 Å². The number of aliphatic hydroxyl groups excluding tert-OH is 1. The van der Waals surface area contributed by atoms with Gasteiger partial charge in [0.05, 0.1) is 6.10 Å². The van der Waals surface area contributed by atoms with Crippen LogP contribution < -0.4 is 4.90 Å². The first-order valence-electron chi connectivity index (χ1n) is 9.07. The fourth-order valence-corrected chi connectivity index (χ4v) is 3.87. The molecule has 132 valence electrons. The van der Waals surface area contributed by atoms with Crippen molar-refractivity contribution in [3.63, 3.8) is 0 Å². The summed E-state index contributed by atoms with van der Waals surface area (Å²) in [7, 11) is 0. The summed E-state index contributed by atoms with van der Waals surface area (Å²) in [5, 5.41) is 9.56. The Balaban J connectivity index is 1.48. The lowest BCUT2D eigenvalue weighted by Gasteiger charge is -2.40. The number of β-amino-alcohol motifs (C(OH)–C–C–N with tert-alkyl or cyclic N) is 1. The Bertz CT molecular complexity index is 575. The highest BCUT2D eigenvalue weighted by molar-refractivity contribution is 5.95. The van der Waals surface area contributed by atoms with E-state index in [1.165, 1.54) is 5.56 Å². The highest BCUT2D eigenvalue weighted by Crippen LogP contribution is 2.27. The number of rotatable bonds is 5. The summed E-state index contributed by atoms with van der Waals surface area (Å²) in [4.78, 5) is 19.3. The molecule has 0 saturated carbocycles. The normalized spacial score (nSPS) is 23.3. The van der Waals surface area contributed by atoms with Gasteiger partial charge in [-0.3, -0.25) is 9.69 Å². The molecule has 1 fully saturated rings. The highest BCUT2D eigenvalue weighted by atomic mass is 16.3. The highest BCUT2D eigenvalue weighted by Gasteiger charge is 2.27. The quantitative estimate of drug-likeness (QED) is 0.885. The Morgan fingerprint density at radius 2 is 2.08 bits per heavy atom. The molecule has 5 heteroatoms. The van der Waals surface area contributed by atoms with Crippen molar-refractivity contribution in [2.45, 2.75) is 38.8 Å². The van der Waals surface area contributed by atoms with Gasteiger partial charge in [-0.05, 0) is 31.9 Å². The van der Waals surface area contributed by atoms with Crippen molar-refractivity contribution in [3.05, 3.63) is 29.8 Å². The lowest BCUT2D eigenvalue weighted by atomic mass is 10.1. The third-order valence-corrected chi connectivity index (χ3v) is 5.18. The molecule has 1 saturated heterocycles. The third-order valence-electron chi connectivity index (χ3n) is 5.18. The second-order valence-corrected chi connectivity index (χ2v) is 7.17. The first kappa shape index (κ1) is 17.4. The van der Waals surface area contributed by atoms with E-state index < -0.39 is 0 Å². The van der Waals surface area contributed by atoms with E-state index in [1.54, 1.807) is 0 Å². The largest absolute Gasteiger partial charge is 0.392 e. The van der Waals surface area contributed by atoms with E-state index in [4.69, 9.17) is 0 Å². The smallest absolute Gasteiger partial charge is 0.228 e. The molecule has 1 aromatic carbocycles. The summed E-state index contributed by atoms with van der Waals surface area (Å²) in [6, 6.07) is 8.65. The number of amides is 1. The van der Waals surface area contributed by atoms with Crippen LogP contribution in [0, 0.1) is 0 Å². The Morgan fingerprint density at radius 1 is 1.29 bits per heavy atom. The fourth-order valence-electron chi connectivity index (χ4n) is 3.87. The Labute approximate surface area is 144 Å². The molecular weight excluding hydrogens is 302 g/mol. The number of aliphatic hydroxyl groups is 1. The zero-order valence-electron chi connectivity index (χ0n) is 14.8. The van der Waals surface area contributed by atoms with Gasteiger partial charge in [0, 0.05) is 57.4 Å². The molecule has 3 rings (SSSR count). The third kappa shape index (κ3) is 3.97. The molecule has 2 aliphatic rings. The molecule has 0 radical (unpaired) electrons. The SMILES string of the molecule is CC(O)CN1CCN(CCC(=O)N2CCc3ccccc32)CC1C. The lowest BCUT2D eigenvalue weighted by molar-refractivity contribution is -0.119. The summed E-state index contributed by atoms with van der Waals surface area (Å²) in [5.41, 5.74) is 2.38. The number of nitrogens with zero attached hydrogens (tertiary/aromatic N) is 3. The number of hydrogen-bond acceptors (Lipinski definition) is 4. The fraction of sp³-hybridized carbons (Fsp3) is 0.632. The Morgan fingerprint density at radius 3 is 2.83 bits per heavy atom. The van der Waals surface area contributed by atoms with Crippen LogP contribution in [-0.2, 0) is 11.2 Å². The minimum Gasteiger partial charge on any atom is -0.392 e. The van der Waals surface area contributed by atoms with Gasteiger partial charge in [0.2, 0.25) is 5.91 Å². The van der Waals surface area contributed by atoms with E-state index in [9.17, 15) is 9.90 Å². The van der Waals surface area contributed by atoms with Gasteiger partial charge >= 0.3 is 0 Å². The number of anilines is 1.